The molecule has 1 fully saturated rings. The number of alkyl carbamates (subject to hydrolysis) is 1. The number of nitrogens with zero attached hydrogens (tertiary/aromatic N) is 4. The van der Waals surface area contributed by atoms with E-state index in [0.717, 1.165) is 34.4 Å². The molecule has 0 saturated carbocycles. The lowest BCUT2D eigenvalue weighted by atomic mass is 10.1. The highest BCUT2D eigenvalue weighted by Crippen LogP contribution is 2.37. The summed E-state index contributed by atoms with van der Waals surface area (Å²) < 4.78 is 7.81. The van der Waals surface area contributed by atoms with Crippen LogP contribution in [0.4, 0.5) is 16.4 Å². The number of rotatable bonds is 3. The molecule has 0 bridgehead atoms. The first-order valence-electron chi connectivity index (χ1n) is 9.85. The summed E-state index contributed by atoms with van der Waals surface area (Å²) in [5.41, 5.74) is 8.47. The number of anilines is 2. The van der Waals surface area contributed by atoms with Gasteiger partial charge in [0.25, 0.3) is 0 Å². The Balaban J connectivity index is 1.67. The summed E-state index contributed by atoms with van der Waals surface area (Å²) >= 11 is 3.50. The minimum absolute atomic E-state index is 0.0314. The molecule has 0 spiro atoms. The standard InChI is InChI=1S/C21H25BrN6O2/c1-21(2,3)30-20(29)25-14-9-10-27(12-14)19-16(13-7-5-4-6-8-13)17(23)28-18(26-19)15(22)11-24-28/h4-8,11,14H,9-10,12,23H2,1-3H3,(H,25,29)/t14-/m0/s1. The van der Waals surface area contributed by atoms with E-state index in [4.69, 9.17) is 15.5 Å². The summed E-state index contributed by atoms with van der Waals surface area (Å²) in [4.78, 5) is 19.2. The molecular formula is C21H25BrN6O2. The maximum Gasteiger partial charge on any atom is 0.407 e. The van der Waals surface area contributed by atoms with Crippen molar-refractivity contribution in [2.45, 2.75) is 38.8 Å². The van der Waals surface area contributed by atoms with Gasteiger partial charge in [-0.1, -0.05) is 30.3 Å². The highest BCUT2D eigenvalue weighted by Gasteiger charge is 2.30. The predicted molar refractivity (Wildman–Crippen MR) is 121 cm³/mol. The average molecular weight is 473 g/mol. The third-order valence-electron chi connectivity index (χ3n) is 4.89. The lowest BCUT2D eigenvalue weighted by Gasteiger charge is -2.24. The van der Waals surface area contributed by atoms with Crippen molar-refractivity contribution in [1.82, 2.24) is 19.9 Å². The predicted octanol–water partition coefficient (Wildman–Crippen LogP) is 3.84. The maximum atomic E-state index is 12.2. The van der Waals surface area contributed by atoms with Crippen LogP contribution in [0.3, 0.4) is 0 Å². The Morgan fingerprint density at radius 2 is 2.03 bits per heavy atom. The fourth-order valence-corrected chi connectivity index (χ4v) is 3.98. The molecule has 158 valence electrons. The van der Waals surface area contributed by atoms with Gasteiger partial charge in [-0.15, -0.1) is 0 Å². The number of nitrogen functional groups attached to an aromatic ring is 1. The van der Waals surface area contributed by atoms with Gasteiger partial charge in [0.2, 0.25) is 0 Å². The van der Waals surface area contributed by atoms with Gasteiger partial charge in [-0.05, 0) is 48.7 Å². The molecule has 0 unspecified atom stereocenters. The van der Waals surface area contributed by atoms with Crippen LogP contribution >= 0.6 is 15.9 Å². The van der Waals surface area contributed by atoms with Gasteiger partial charge >= 0.3 is 6.09 Å². The van der Waals surface area contributed by atoms with Crippen molar-refractivity contribution < 1.29 is 9.53 Å². The molecule has 1 aromatic carbocycles. The molecular weight excluding hydrogens is 448 g/mol. The number of hydrogen-bond acceptors (Lipinski definition) is 6. The minimum atomic E-state index is -0.530. The van der Waals surface area contributed by atoms with E-state index in [1.54, 1.807) is 10.7 Å². The SMILES string of the molecule is CC(C)(C)OC(=O)N[C@H]1CCN(c2nc3c(Br)cnn3c(N)c2-c2ccccc2)C1. The number of carbonyl (C=O) groups excluding carboxylic acids is 1. The molecule has 3 aromatic rings. The molecule has 3 heterocycles. The largest absolute Gasteiger partial charge is 0.444 e. The van der Waals surface area contributed by atoms with Crippen LogP contribution in [0.2, 0.25) is 0 Å². The number of carbonyl (C=O) groups is 1. The van der Waals surface area contributed by atoms with Crippen molar-refractivity contribution in [2.75, 3.05) is 23.7 Å². The molecule has 8 nitrogen and oxygen atoms in total. The van der Waals surface area contributed by atoms with Crippen LogP contribution in [0.15, 0.2) is 41.0 Å². The smallest absolute Gasteiger partial charge is 0.407 e. The van der Waals surface area contributed by atoms with Crippen LogP contribution in [-0.4, -0.2) is 45.4 Å². The third kappa shape index (κ3) is 4.07. The molecule has 0 aliphatic carbocycles. The Labute approximate surface area is 183 Å². The molecule has 1 saturated heterocycles. The van der Waals surface area contributed by atoms with Crippen LogP contribution < -0.4 is 16.0 Å². The van der Waals surface area contributed by atoms with Crippen LogP contribution in [-0.2, 0) is 4.74 Å². The fourth-order valence-electron chi connectivity index (χ4n) is 3.63. The molecule has 0 radical (unpaired) electrons. The monoisotopic (exact) mass is 472 g/mol. The second-order valence-corrected chi connectivity index (χ2v) is 9.22. The average Bonchev–Trinajstić information content (AvgIpc) is 3.28. The van der Waals surface area contributed by atoms with E-state index in [1.807, 2.05) is 51.1 Å². The number of nitrogens with two attached hydrogens (primary N) is 1. The van der Waals surface area contributed by atoms with E-state index in [0.29, 0.717) is 18.0 Å². The molecule has 1 atom stereocenters. The second-order valence-electron chi connectivity index (χ2n) is 8.37. The molecule has 1 aliphatic heterocycles. The summed E-state index contributed by atoms with van der Waals surface area (Å²) in [5.74, 6) is 1.30. The lowest BCUT2D eigenvalue weighted by molar-refractivity contribution is 0.0509. The number of fused-ring (bicyclic) bond motifs is 1. The number of hydrogen-bond donors (Lipinski definition) is 2. The molecule has 2 aromatic heterocycles. The van der Waals surface area contributed by atoms with Crippen LogP contribution in [0.25, 0.3) is 16.8 Å². The van der Waals surface area contributed by atoms with Crippen molar-refractivity contribution >= 4 is 39.3 Å². The number of nitrogens with one attached hydrogen (secondary N) is 1. The Kier molecular flexibility index (Phi) is 5.31. The number of aromatic nitrogens is 3. The van der Waals surface area contributed by atoms with E-state index in [2.05, 4.69) is 31.2 Å². The van der Waals surface area contributed by atoms with Gasteiger partial charge < -0.3 is 20.7 Å². The summed E-state index contributed by atoms with van der Waals surface area (Å²) in [6, 6.07) is 9.89. The quantitative estimate of drug-likeness (QED) is 0.600. The summed E-state index contributed by atoms with van der Waals surface area (Å²) in [6.45, 7) is 6.92. The Bertz CT molecular complexity index is 1080. The zero-order valence-electron chi connectivity index (χ0n) is 17.2. The third-order valence-corrected chi connectivity index (χ3v) is 5.45. The first kappa shape index (κ1) is 20.5. The van der Waals surface area contributed by atoms with E-state index in [9.17, 15) is 4.79 Å². The van der Waals surface area contributed by atoms with Gasteiger partial charge in [-0.25, -0.2) is 9.78 Å². The molecule has 9 heteroatoms. The van der Waals surface area contributed by atoms with Gasteiger partial charge in [0.05, 0.1) is 22.3 Å². The zero-order chi connectivity index (χ0) is 21.5. The van der Waals surface area contributed by atoms with Crippen molar-refractivity contribution in [1.29, 1.82) is 0 Å². The normalized spacial score (nSPS) is 16.8. The minimum Gasteiger partial charge on any atom is -0.444 e. The summed E-state index contributed by atoms with van der Waals surface area (Å²) in [6.07, 6.45) is 2.08. The van der Waals surface area contributed by atoms with Gasteiger partial charge in [-0.2, -0.15) is 9.61 Å². The van der Waals surface area contributed by atoms with Gasteiger partial charge in [-0.3, -0.25) is 0 Å². The highest BCUT2D eigenvalue weighted by molar-refractivity contribution is 9.10. The van der Waals surface area contributed by atoms with Crippen LogP contribution in [0, 0.1) is 0 Å². The Hall–Kier alpha value is -2.81. The molecule has 30 heavy (non-hydrogen) atoms. The number of ether oxygens (including phenoxy) is 1. The van der Waals surface area contributed by atoms with E-state index in [-0.39, 0.29) is 6.04 Å². The number of benzene rings is 1. The van der Waals surface area contributed by atoms with Gasteiger partial charge in [0, 0.05) is 13.1 Å². The van der Waals surface area contributed by atoms with E-state index < -0.39 is 11.7 Å². The first-order valence-corrected chi connectivity index (χ1v) is 10.6. The molecule has 1 amide bonds. The highest BCUT2D eigenvalue weighted by atomic mass is 79.9. The Morgan fingerprint density at radius 1 is 1.30 bits per heavy atom. The van der Waals surface area contributed by atoms with E-state index >= 15 is 0 Å². The zero-order valence-corrected chi connectivity index (χ0v) is 18.8. The van der Waals surface area contributed by atoms with Crippen LogP contribution in [0.1, 0.15) is 27.2 Å². The first-order chi connectivity index (χ1) is 14.2. The summed E-state index contributed by atoms with van der Waals surface area (Å²) in [7, 11) is 0. The summed E-state index contributed by atoms with van der Waals surface area (Å²) in [5, 5.41) is 7.31. The van der Waals surface area contributed by atoms with Crippen molar-refractivity contribution in [2.24, 2.45) is 0 Å². The second kappa shape index (κ2) is 7.79. The van der Waals surface area contributed by atoms with Gasteiger partial charge in [0.15, 0.2) is 5.65 Å². The van der Waals surface area contributed by atoms with Gasteiger partial charge in [0.1, 0.15) is 17.2 Å². The van der Waals surface area contributed by atoms with Crippen LogP contribution in [0.5, 0.6) is 0 Å². The maximum absolute atomic E-state index is 12.2. The lowest BCUT2D eigenvalue weighted by Crippen LogP contribution is -2.40. The topological polar surface area (TPSA) is 97.8 Å². The van der Waals surface area contributed by atoms with Crippen molar-refractivity contribution in [3.05, 3.63) is 41.0 Å². The molecule has 1 aliphatic rings. The molecule has 3 N–H and O–H groups in total. The van der Waals surface area contributed by atoms with E-state index in [1.165, 1.54) is 0 Å². The van der Waals surface area contributed by atoms with Crippen molar-refractivity contribution in [3.63, 3.8) is 0 Å². The van der Waals surface area contributed by atoms with Crippen molar-refractivity contribution in [3.8, 4) is 11.1 Å². The number of halogens is 1. The number of amides is 1. The molecule has 4 rings (SSSR count). The fraction of sp³-hybridized carbons (Fsp3) is 0.381. The Morgan fingerprint density at radius 3 is 2.73 bits per heavy atom.